The maximum atomic E-state index is 14.6. The summed E-state index contributed by atoms with van der Waals surface area (Å²) in [5.74, 6) is -0.891. The van der Waals surface area contributed by atoms with Crippen LogP contribution in [0.2, 0.25) is 0 Å². The van der Waals surface area contributed by atoms with E-state index in [1.165, 1.54) is 35.2 Å². The lowest BCUT2D eigenvalue weighted by molar-refractivity contribution is -0.140. The number of nitrogens with zero attached hydrogens (tertiary/aromatic N) is 2. The zero-order valence-corrected chi connectivity index (χ0v) is 29.0. The van der Waals surface area contributed by atoms with Crippen molar-refractivity contribution < 1.29 is 31.9 Å². The summed E-state index contributed by atoms with van der Waals surface area (Å²) < 4.78 is 55.6. The molecule has 9 nitrogen and oxygen atoms in total. The van der Waals surface area contributed by atoms with Crippen molar-refractivity contribution in [1.29, 1.82) is 0 Å². The van der Waals surface area contributed by atoms with Crippen molar-refractivity contribution in [3.05, 3.63) is 118 Å². The maximum Gasteiger partial charge on any atom is 0.264 e. The zero-order valence-electron chi connectivity index (χ0n) is 26.6. The van der Waals surface area contributed by atoms with E-state index < -0.39 is 34.3 Å². The van der Waals surface area contributed by atoms with Crippen LogP contribution in [0, 0.1) is 5.82 Å². The number of halogens is 2. The van der Waals surface area contributed by atoms with Crippen LogP contribution in [0.25, 0.3) is 0 Å². The second-order valence-electron chi connectivity index (χ2n) is 11.5. The van der Waals surface area contributed by atoms with E-state index >= 15 is 0 Å². The third-order valence-electron chi connectivity index (χ3n) is 8.01. The molecule has 0 bridgehead atoms. The van der Waals surface area contributed by atoms with E-state index in [-0.39, 0.29) is 47.9 Å². The quantitative estimate of drug-likeness (QED) is 0.178. The lowest BCUT2D eigenvalue weighted by Crippen LogP contribution is -2.54. The molecule has 0 aliphatic carbocycles. The van der Waals surface area contributed by atoms with Gasteiger partial charge in [-0.05, 0) is 73.0 Å². The first-order valence-corrected chi connectivity index (χ1v) is 17.8. The van der Waals surface area contributed by atoms with Crippen LogP contribution in [-0.2, 0) is 32.6 Å². The van der Waals surface area contributed by atoms with Crippen LogP contribution in [0.4, 0.5) is 10.1 Å². The van der Waals surface area contributed by atoms with E-state index in [2.05, 4.69) is 21.2 Å². The van der Waals surface area contributed by atoms with Gasteiger partial charge in [0.05, 0.1) is 10.6 Å². The molecular formula is C36H37BrFN3O6S. The number of fused-ring (bicyclic) bond motifs is 1. The number of hydrogen-bond donors (Lipinski definition) is 1. The fourth-order valence-electron chi connectivity index (χ4n) is 5.27. The molecule has 2 atom stereocenters. The summed E-state index contributed by atoms with van der Waals surface area (Å²) in [5.41, 5.74) is 1.63. The predicted molar refractivity (Wildman–Crippen MR) is 185 cm³/mol. The van der Waals surface area contributed by atoms with Crippen LogP contribution in [0.3, 0.4) is 0 Å². The van der Waals surface area contributed by atoms with Gasteiger partial charge in [0.2, 0.25) is 11.8 Å². The average Bonchev–Trinajstić information content (AvgIpc) is 3.09. The largest absolute Gasteiger partial charge is 0.486 e. The molecule has 0 aromatic heterocycles. The number of benzene rings is 4. The minimum Gasteiger partial charge on any atom is -0.486 e. The number of nitrogens with one attached hydrogen (secondary N) is 1. The third-order valence-corrected chi connectivity index (χ3v) is 10.3. The Labute approximate surface area is 288 Å². The maximum absolute atomic E-state index is 14.6. The van der Waals surface area contributed by atoms with Crippen LogP contribution in [0.1, 0.15) is 31.4 Å². The molecule has 5 rings (SSSR count). The van der Waals surface area contributed by atoms with Crippen LogP contribution in [-0.4, -0.2) is 57.0 Å². The second kappa shape index (κ2) is 15.7. The average molecular weight is 739 g/mol. The van der Waals surface area contributed by atoms with E-state index in [4.69, 9.17) is 9.47 Å². The van der Waals surface area contributed by atoms with Crippen LogP contribution < -0.4 is 19.1 Å². The van der Waals surface area contributed by atoms with Gasteiger partial charge in [-0.25, -0.2) is 12.8 Å². The van der Waals surface area contributed by atoms with Gasteiger partial charge in [-0.2, -0.15) is 0 Å². The number of rotatable bonds is 13. The molecule has 1 N–H and O–H groups in total. The summed E-state index contributed by atoms with van der Waals surface area (Å²) in [6.07, 6.45) is 0.865. The monoisotopic (exact) mass is 737 g/mol. The molecule has 0 saturated carbocycles. The van der Waals surface area contributed by atoms with E-state index in [9.17, 15) is 22.4 Å². The lowest BCUT2D eigenvalue weighted by Gasteiger charge is -2.34. The smallest absolute Gasteiger partial charge is 0.264 e. The third kappa shape index (κ3) is 8.53. The molecule has 0 fully saturated rings. The first kappa shape index (κ1) is 34.9. The molecular weight excluding hydrogens is 701 g/mol. The van der Waals surface area contributed by atoms with Gasteiger partial charge in [-0.1, -0.05) is 65.3 Å². The van der Waals surface area contributed by atoms with Gasteiger partial charge in [-0.3, -0.25) is 13.9 Å². The molecule has 2 amide bonds. The molecule has 252 valence electrons. The summed E-state index contributed by atoms with van der Waals surface area (Å²) in [5, 5.41) is 3.02. The van der Waals surface area contributed by atoms with E-state index in [0.29, 0.717) is 18.8 Å². The Morgan fingerprint density at radius 2 is 1.58 bits per heavy atom. The molecule has 1 heterocycles. The first-order chi connectivity index (χ1) is 23.0. The minimum atomic E-state index is -4.42. The van der Waals surface area contributed by atoms with Crippen molar-refractivity contribution in [2.45, 2.75) is 50.2 Å². The highest BCUT2D eigenvalue weighted by atomic mass is 79.9. The van der Waals surface area contributed by atoms with Crippen molar-refractivity contribution in [2.24, 2.45) is 0 Å². The number of ether oxygens (including phenoxy) is 2. The standard InChI is InChI=1S/C36H37BrFN3O6S/c1-3-25(2)39-36(43)32(21-26-8-5-4-6-9-26)40(23-27-10-7-11-28(37)20-27)35(42)24-41(30-14-12-29(38)13-15-30)48(44,45)31-16-17-33-34(22-31)47-19-18-46-33/h4-17,20,22,25,32H,3,18-19,21,23-24H2,1-2H3,(H,39,43)/t25-,32-/m0/s1. The lowest BCUT2D eigenvalue weighted by atomic mass is 10.0. The molecule has 1 aliphatic heterocycles. The molecule has 4 aromatic carbocycles. The Morgan fingerprint density at radius 3 is 2.27 bits per heavy atom. The molecule has 1 aliphatic rings. The van der Waals surface area contributed by atoms with Crippen molar-refractivity contribution in [3.8, 4) is 11.5 Å². The van der Waals surface area contributed by atoms with Crippen molar-refractivity contribution in [1.82, 2.24) is 10.2 Å². The minimum absolute atomic E-state index is 0.0189. The van der Waals surface area contributed by atoms with Gasteiger partial charge in [0.15, 0.2) is 11.5 Å². The highest BCUT2D eigenvalue weighted by Crippen LogP contribution is 2.34. The highest BCUT2D eigenvalue weighted by molar-refractivity contribution is 9.10. The Bertz CT molecular complexity index is 1840. The van der Waals surface area contributed by atoms with Crippen LogP contribution in [0.15, 0.2) is 106 Å². The molecule has 0 radical (unpaired) electrons. The molecule has 0 saturated heterocycles. The van der Waals surface area contributed by atoms with Gasteiger partial charge in [-0.15, -0.1) is 0 Å². The van der Waals surface area contributed by atoms with Crippen molar-refractivity contribution >= 4 is 43.5 Å². The highest BCUT2D eigenvalue weighted by Gasteiger charge is 2.35. The summed E-state index contributed by atoms with van der Waals surface area (Å²) >= 11 is 3.49. The number of hydrogen-bond acceptors (Lipinski definition) is 6. The number of sulfonamides is 1. The predicted octanol–water partition coefficient (Wildman–Crippen LogP) is 6.11. The Hall–Kier alpha value is -4.42. The molecule has 4 aromatic rings. The summed E-state index contributed by atoms with van der Waals surface area (Å²) in [6, 6.07) is 24.6. The number of amides is 2. The van der Waals surface area contributed by atoms with Crippen LogP contribution in [0.5, 0.6) is 11.5 Å². The fraction of sp³-hybridized carbons (Fsp3) is 0.278. The number of carbonyl (C=O) groups excluding carboxylic acids is 2. The number of anilines is 1. The molecule has 48 heavy (non-hydrogen) atoms. The van der Waals surface area contributed by atoms with Gasteiger partial charge in [0, 0.05) is 29.5 Å². The van der Waals surface area contributed by atoms with Gasteiger partial charge in [0.25, 0.3) is 10.0 Å². The Balaban J connectivity index is 1.58. The summed E-state index contributed by atoms with van der Waals surface area (Å²) in [6.45, 7) is 3.77. The SMILES string of the molecule is CC[C@H](C)NC(=O)[C@H](Cc1ccccc1)N(Cc1cccc(Br)c1)C(=O)CN(c1ccc(F)cc1)S(=O)(=O)c1ccc2c(c1)OCCO2. The molecule has 12 heteroatoms. The molecule has 0 spiro atoms. The fourth-order valence-corrected chi connectivity index (χ4v) is 7.15. The zero-order chi connectivity index (χ0) is 34.3. The first-order valence-electron chi connectivity index (χ1n) is 15.6. The van der Waals surface area contributed by atoms with Crippen molar-refractivity contribution in [2.75, 3.05) is 24.1 Å². The number of carbonyl (C=O) groups is 2. The van der Waals surface area contributed by atoms with Crippen molar-refractivity contribution in [3.63, 3.8) is 0 Å². The van der Waals surface area contributed by atoms with Crippen LogP contribution >= 0.6 is 15.9 Å². The van der Waals surface area contributed by atoms with E-state index in [1.807, 2.05) is 68.4 Å². The summed E-state index contributed by atoms with van der Waals surface area (Å²) in [4.78, 5) is 29.8. The second-order valence-corrected chi connectivity index (χ2v) is 14.2. The van der Waals surface area contributed by atoms with E-state index in [1.54, 1.807) is 0 Å². The van der Waals surface area contributed by atoms with Gasteiger partial charge < -0.3 is 19.7 Å². The van der Waals surface area contributed by atoms with Gasteiger partial charge >= 0.3 is 0 Å². The molecule has 0 unspecified atom stereocenters. The summed E-state index contributed by atoms with van der Waals surface area (Å²) in [7, 11) is -4.42. The Kier molecular flexibility index (Phi) is 11.4. The normalized spacial score (nSPS) is 13.7. The van der Waals surface area contributed by atoms with E-state index in [0.717, 1.165) is 32.0 Å². The van der Waals surface area contributed by atoms with Gasteiger partial charge in [0.1, 0.15) is 31.6 Å². The topological polar surface area (TPSA) is 105 Å². The Morgan fingerprint density at radius 1 is 0.896 bits per heavy atom.